The zero-order valence-corrected chi connectivity index (χ0v) is 11.9. The smallest absolute Gasteiger partial charge is 0.231 e. The van der Waals surface area contributed by atoms with Crippen LogP contribution in [0.1, 0.15) is 38.2 Å². The third-order valence-electron chi connectivity index (χ3n) is 4.76. The second kappa shape index (κ2) is 4.85. The molecule has 2 atom stereocenters. The maximum Gasteiger partial charge on any atom is 0.231 e. The predicted molar refractivity (Wildman–Crippen MR) is 77.0 cm³/mol. The van der Waals surface area contributed by atoms with E-state index >= 15 is 0 Å². The summed E-state index contributed by atoms with van der Waals surface area (Å²) >= 11 is 0. The molecule has 0 aromatic heterocycles. The van der Waals surface area contributed by atoms with E-state index in [0.29, 0.717) is 6.54 Å². The Morgan fingerprint density at radius 3 is 3.00 bits per heavy atom. The lowest BCUT2D eigenvalue weighted by molar-refractivity contribution is -0.125. The molecule has 4 heteroatoms. The van der Waals surface area contributed by atoms with Crippen LogP contribution in [0.5, 0.6) is 0 Å². The van der Waals surface area contributed by atoms with Crippen LogP contribution in [-0.4, -0.2) is 18.0 Å². The number of benzene rings is 1. The molecule has 2 aliphatic rings. The van der Waals surface area contributed by atoms with E-state index < -0.39 is 5.54 Å². The van der Waals surface area contributed by atoms with E-state index in [2.05, 4.69) is 0 Å². The summed E-state index contributed by atoms with van der Waals surface area (Å²) in [6.07, 6.45) is 4.66. The molecule has 1 saturated carbocycles. The van der Waals surface area contributed by atoms with Crippen molar-refractivity contribution in [3.8, 4) is 0 Å². The Morgan fingerprint density at radius 2 is 2.25 bits per heavy atom. The molecule has 0 spiro atoms. The van der Waals surface area contributed by atoms with E-state index in [1.807, 2.05) is 6.92 Å². The monoisotopic (exact) mass is 276 g/mol. The Labute approximate surface area is 118 Å². The highest BCUT2D eigenvalue weighted by Crippen LogP contribution is 2.36. The minimum atomic E-state index is -0.439. The van der Waals surface area contributed by atoms with E-state index in [4.69, 9.17) is 5.73 Å². The number of amides is 1. The number of anilines is 1. The van der Waals surface area contributed by atoms with E-state index in [0.717, 1.165) is 43.4 Å². The SMILES string of the molecule is CC1(N)CCCCC1C(=O)N1CCc2ccc(F)cc21. The summed E-state index contributed by atoms with van der Waals surface area (Å²) in [5.41, 5.74) is 7.66. The molecule has 0 radical (unpaired) electrons. The number of halogens is 1. The molecule has 1 aliphatic carbocycles. The molecule has 1 aliphatic heterocycles. The summed E-state index contributed by atoms with van der Waals surface area (Å²) in [4.78, 5) is 14.5. The molecule has 0 bridgehead atoms. The van der Waals surface area contributed by atoms with Gasteiger partial charge in [0.05, 0.1) is 5.92 Å². The average molecular weight is 276 g/mol. The zero-order chi connectivity index (χ0) is 14.3. The largest absolute Gasteiger partial charge is 0.325 e. The Kier molecular flexibility index (Phi) is 3.28. The first kappa shape index (κ1) is 13.6. The maximum atomic E-state index is 13.4. The second-order valence-corrected chi connectivity index (χ2v) is 6.32. The number of carbonyl (C=O) groups excluding carboxylic acids is 1. The number of hydrogen-bond donors (Lipinski definition) is 1. The quantitative estimate of drug-likeness (QED) is 0.857. The summed E-state index contributed by atoms with van der Waals surface area (Å²) < 4.78 is 13.4. The summed E-state index contributed by atoms with van der Waals surface area (Å²) in [5.74, 6) is -0.368. The van der Waals surface area contributed by atoms with Crippen LogP contribution in [0.25, 0.3) is 0 Å². The molecule has 1 fully saturated rings. The molecule has 3 nitrogen and oxygen atoms in total. The van der Waals surface area contributed by atoms with Crippen molar-refractivity contribution < 1.29 is 9.18 Å². The molecule has 1 heterocycles. The lowest BCUT2D eigenvalue weighted by Crippen LogP contribution is -2.53. The molecule has 0 saturated heterocycles. The molecular formula is C16H21FN2O. The lowest BCUT2D eigenvalue weighted by atomic mass is 9.74. The number of rotatable bonds is 1. The highest BCUT2D eigenvalue weighted by Gasteiger charge is 2.41. The highest BCUT2D eigenvalue weighted by atomic mass is 19.1. The molecule has 2 unspecified atom stereocenters. The maximum absolute atomic E-state index is 13.4. The zero-order valence-electron chi connectivity index (χ0n) is 11.9. The van der Waals surface area contributed by atoms with Crippen LogP contribution >= 0.6 is 0 Å². The van der Waals surface area contributed by atoms with Gasteiger partial charge in [0.15, 0.2) is 0 Å². The van der Waals surface area contributed by atoms with Crippen molar-refractivity contribution in [1.29, 1.82) is 0 Å². The molecule has 20 heavy (non-hydrogen) atoms. The molecule has 108 valence electrons. The van der Waals surface area contributed by atoms with Gasteiger partial charge in [-0.3, -0.25) is 4.79 Å². The molecule has 1 aromatic rings. The normalized spacial score (nSPS) is 29.4. The van der Waals surface area contributed by atoms with Gasteiger partial charge in [0.1, 0.15) is 5.82 Å². The van der Waals surface area contributed by atoms with Crippen molar-refractivity contribution in [2.75, 3.05) is 11.4 Å². The van der Waals surface area contributed by atoms with Gasteiger partial charge in [-0.1, -0.05) is 18.9 Å². The van der Waals surface area contributed by atoms with Crippen LogP contribution in [0.2, 0.25) is 0 Å². The van der Waals surface area contributed by atoms with Gasteiger partial charge >= 0.3 is 0 Å². The van der Waals surface area contributed by atoms with Crippen LogP contribution in [0.15, 0.2) is 18.2 Å². The van der Waals surface area contributed by atoms with Gasteiger partial charge in [-0.2, -0.15) is 0 Å². The number of fused-ring (bicyclic) bond motifs is 1. The van der Waals surface area contributed by atoms with E-state index in [-0.39, 0.29) is 17.6 Å². The van der Waals surface area contributed by atoms with Crippen LogP contribution in [0.3, 0.4) is 0 Å². The first-order valence-electron chi connectivity index (χ1n) is 7.38. The van der Waals surface area contributed by atoms with Crippen molar-refractivity contribution in [3.63, 3.8) is 0 Å². The lowest BCUT2D eigenvalue weighted by Gasteiger charge is -2.39. The topological polar surface area (TPSA) is 46.3 Å². The minimum absolute atomic E-state index is 0.0686. The van der Waals surface area contributed by atoms with E-state index in [9.17, 15) is 9.18 Å². The summed E-state index contributed by atoms with van der Waals surface area (Å²) in [7, 11) is 0. The number of carbonyl (C=O) groups is 1. The first-order chi connectivity index (χ1) is 9.49. The Morgan fingerprint density at radius 1 is 1.45 bits per heavy atom. The minimum Gasteiger partial charge on any atom is -0.325 e. The van der Waals surface area contributed by atoms with Gasteiger partial charge in [0, 0.05) is 17.8 Å². The van der Waals surface area contributed by atoms with Crippen molar-refractivity contribution in [2.45, 2.75) is 44.6 Å². The number of nitrogens with two attached hydrogens (primary N) is 1. The fraction of sp³-hybridized carbons (Fsp3) is 0.562. The molecule has 1 amide bonds. The highest BCUT2D eigenvalue weighted by molar-refractivity contribution is 5.97. The van der Waals surface area contributed by atoms with Crippen molar-refractivity contribution in [3.05, 3.63) is 29.6 Å². The van der Waals surface area contributed by atoms with Gasteiger partial charge in [0.25, 0.3) is 0 Å². The molecular weight excluding hydrogens is 255 g/mol. The van der Waals surface area contributed by atoms with Gasteiger partial charge in [-0.05, 0) is 43.9 Å². The Hall–Kier alpha value is -1.42. The first-order valence-corrected chi connectivity index (χ1v) is 7.38. The van der Waals surface area contributed by atoms with Gasteiger partial charge < -0.3 is 10.6 Å². The van der Waals surface area contributed by atoms with Crippen LogP contribution in [0.4, 0.5) is 10.1 Å². The Bertz CT molecular complexity index is 541. The molecule has 3 rings (SSSR count). The Balaban J connectivity index is 1.88. The van der Waals surface area contributed by atoms with Crippen LogP contribution < -0.4 is 10.6 Å². The fourth-order valence-corrected chi connectivity index (χ4v) is 3.53. The average Bonchev–Trinajstić information content (AvgIpc) is 2.80. The van der Waals surface area contributed by atoms with E-state index in [1.165, 1.54) is 12.1 Å². The molecule has 1 aromatic carbocycles. The summed E-state index contributed by atoms with van der Waals surface area (Å²) in [6.45, 7) is 2.61. The number of nitrogens with zero attached hydrogens (tertiary/aromatic N) is 1. The predicted octanol–water partition coefficient (Wildman–Crippen LogP) is 2.62. The van der Waals surface area contributed by atoms with Gasteiger partial charge in [0.2, 0.25) is 5.91 Å². The van der Waals surface area contributed by atoms with Crippen LogP contribution in [0, 0.1) is 11.7 Å². The fourth-order valence-electron chi connectivity index (χ4n) is 3.53. The van der Waals surface area contributed by atoms with Crippen molar-refractivity contribution >= 4 is 11.6 Å². The third kappa shape index (κ3) is 2.22. The van der Waals surface area contributed by atoms with Gasteiger partial charge in [-0.25, -0.2) is 4.39 Å². The van der Waals surface area contributed by atoms with Gasteiger partial charge in [-0.15, -0.1) is 0 Å². The standard InChI is InChI=1S/C16H21FN2O/c1-16(18)8-3-2-4-13(16)15(20)19-9-7-11-5-6-12(17)10-14(11)19/h5-6,10,13H,2-4,7-9,18H2,1H3. The van der Waals surface area contributed by atoms with Crippen molar-refractivity contribution in [2.24, 2.45) is 11.7 Å². The van der Waals surface area contributed by atoms with Crippen LogP contribution in [-0.2, 0) is 11.2 Å². The third-order valence-corrected chi connectivity index (χ3v) is 4.76. The van der Waals surface area contributed by atoms with Crippen molar-refractivity contribution in [1.82, 2.24) is 0 Å². The number of hydrogen-bond acceptors (Lipinski definition) is 2. The van der Waals surface area contributed by atoms with E-state index in [1.54, 1.807) is 11.0 Å². The second-order valence-electron chi connectivity index (χ2n) is 6.32. The summed E-state index contributed by atoms with van der Waals surface area (Å²) in [5, 5.41) is 0. The summed E-state index contributed by atoms with van der Waals surface area (Å²) in [6, 6.07) is 4.71. The molecule has 2 N–H and O–H groups in total.